The number of likely N-dealkylation sites (tertiary alicyclic amines) is 1. The second-order valence-electron chi connectivity index (χ2n) is 5.10. The lowest BCUT2D eigenvalue weighted by molar-refractivity contribution is -0.120. The van der Waals surface area contributed by atoms with E-state index in [1.807, 2.05) is 0 Å². The number of urea groups is 1. The highest BCUT2D eigenvalue weighted by atomic mass is 35.5. The van der Waals surface area contributed by atoms with Gasteiger partial charge in [0.05, 0.1) is 16.1 Å². The summed E-state index contributed by atoms with van der Waals surface area (Å²) in [7, 11) is 0. The number of hydrogen-bond donors (Lipinski definition) is 1. The number of amides is 2. The molecule has 1 N–H and O–H groups in total. The third-order valence-corrected chi connectivity index (χ3v) is 4.04. The van der Waals surface area contributed by atoms with Crippen LogP contribution in [-0.2, 0) is 4.79 Å². The van der Waals surface area contributed by atoms with Crippen LogP contribution in [0.4, 0.5) is 4.79 Å². The van der Waals surface area contributed by atoms with Crippen LogP contribution >= 0.6 is 23.2 Å². The number of hydrogen-bond acceptors (Lipinski definition) is 2. The van der Waals surface area contributed by atoms with Gasteiger partial charge in [0, 0.05) is 31.5 Å². The molecule has 1 heterocycles. The first kappa shape index (κ1) is 16.7. The van der Waals surface area contributed by atoms with Gasteiger partial charge in [-0.15, -0.1) is 0 Å². The van der Waals surface area contributed by atoms with Crippen molar-refractivity contribution in [1.29, 1.82) is 0 Å². The molecule has 1 atom stereocenters. The Morgan fingerprint density at radius 1 is 1.27 bits per heavy atom. The van der Waals surface area contributed by atoms with Crippen molar-refractivity contribution in [3.05, 3.63) is 33.8 Å². The Morgan fingerprint density at radius 2 is 1.95 bits per heavy atom. The molecule has 0 aliphatic carbocycles. The normalized spacial score (nSPS) is 15.8. The Balaban J connectivity index is 1.91. The van der Waals surface area contributed by atoms with Gasteiger partial charge in [0.25, 0.3) is 0 Å². The van der Waals surface area contributed by atoms with E-state index in [2.05, 4.69) is 17.2 Å². The van der Waals surface area contributed by atoms with Crippen molar-refractivity contribution in [2.75, 3.05) is 13.1 Å². The van der Waals surface area contributed by atoms with E-state index < -0.39 is 0 Å². The molecule has 0 saturated carbocycles. The number of nitrogens with one attached hydrogen (secondary N) is 1. The van der Waals surface area contributed by atoms with Crippen LogP contribution < -0.4 is 5.32 Å². The standard InChI is InChI=1S/C16H16Cl2N2O2/c1-11(2-3-12-4-5-14(17)15(18)10-12)19-16(22)20-8-6-13(21)7-9-20/h4-5,10-11H,6-9H2,1H3,(H,19,22)/t11-/m0/s1. The maximum Gasteiger partial charge on any atom is 0.318 e. The van der Waals surface area contributed by atoms with Crippen molar-refractivity contribution in [2.24, 2.45) is 0 Å². The number of halogens is 2. The molecule has 0 aromatic heterocycles. The number of rotatable bonds is 1. The van der Waals surface area contributed by atoms with Crippen LogP contribution in [0.15, 0.2) is 18.2 Å². The molecule has 1 aromatic carbocycles. The molecular weight excluding hydrogens is 323 g/mol. The number of carbonyl (C=O) groups excluding carboxylic acids is 2. The van der Waals surface area contributed by atoms with E-state index in [-0.39, 0.29) is 17.9 Å². The lowest BCUT2D eigenvalue weighted by Gasteiger charge is -2.26. The fourth-order valence-corrected chi connectivity index (χ4v) is 2.34. The van der Waals surface area contributed by atoms with E-state index in [1.54, 1.807) is 30.0 Å². The molecule has 1 fully saturated rings. The van der Waals surface area contributed by atoms with E-state index in [1.165, 1.54) is 0 Å². The number of piperidine rings is 1. The zero-order valence-electron chi connectivity index (χ0n) is 12.2. The summed E-state index contributed by atoms with van der Waals surface area (Å²) in [5.74, 6) is 6.10. The molecule has 1 aliphatic rings. The third kappa shape index (κ3) is 4.66. The summed E-state index contributed by atoms with van der Waals surface area (Å²) in [5.41, 5.74) is 0.735. The highest BCUT2D eigenvalue weighted by Gasteiger charge is 2.21. The van der Waals surface area contributed by atoms with Crippen molar-refractivity contribution in [3.8, 4) is 11.8 Å². The first-order valence-electron chi connectivity index (χ1n) is 6.99. The van der Waals surface area contributed by atoms with Crippen LogP contribution in [0.3, 0.4) is 0 Å². The van der Waals surface area contributed by atoms with Crippen LogP contribution in [0.5, 0.6) is 0 Å². The van der Waals surface area contributed by atoms with Crippen LogP contribution in [-0.4, -0.2) is 35.8 Å². The number of ketones is 1. The molecule has 22 heavy (non-hydrogen) atoms. The smallest absolute Gasteiger partial charge is 0.318 e. The molecule has 4 nitrogen and oxygen atoms in total. The quantitative estimate of drug-likeness (QED) is 0.800. The fourth-order valence-electron chi connectivity index (χ4n) is 2.04. The summed E-state index contributed by atoms with van der Waals surface area (Å²) in [6, 6.07) is 4.64. The number of benzene rings is 1. The van der Waals surface area contributed by atoms with Crippen molar-refractivity contribution >= 4 is 35.0 Å². The van der Waals surface area contributed by atoms with Gasteiger partial charge in [0.15, 0.2) is 0 Å². The maximum absolute atomic E-state index is 12.0. The summed E-state index contributed by atoms with van der Waals surface area (Å²) in [4.78, 5) is 24.8. The number of nitrogens with zero attached hydrogens (tertiary/aromatic N) is 1. The van der Waals surface area contributed by atoms with Gasteiger partial charge < -0.3 is 10.2 Å². The molecule has 0 unspecified atom stereocenters. The zero-order chi connectivity index (χ0) is 16.1. The van der Waals surface area contributed by atoms with Crippen LogP contribution in [0.25, 0.3) is 0 Å². The van der Waals surface area contributed by atoms with Crippen LogP contribution in [0.2, 0.25) is 10.0 Å². The monoisotopic (exact) mass is 338 g/mol. The second kappa shape index (κ2) is 7.53. The summed E-state index contributed by atoms with van der Waals surface area (Å²) in [6.45, 7) is 2.74. The molecule has 1 aromatic rings. The summed E-state index contributed by atoms with van der Waals surface area (Å²) in [5, 5.41) is 3.73. The highest BCUT2D eigenvalue weighted by Crippen LogP contribution is 2.22. The Bertz CT molecular complexity index is 639. The van der Waals surface area contributed by atoms with Crippen LogP contribution in [0, 0.1) is 11.8 Å². The average Bonchev–Trinajstić information content (AvgIpc) is 2.49. The Kier molecular flexibility index (Phi) is 5.70. The Morgan fingerprint density at radius 3 is 2.59 bits per heavy atom. The average molecular weight is 339 g/mol. The Labute approximate surface area is 139 Å². The SMILES string of the molecule is C[C@@H](C#Cc1ccc(Cl)c(Cl)c1)NC(=O)N1CCC(=O)CC1. The minimum atomic E-state index is -0.306. The lowest BCUT2D eigenvalue weighted by Crippen LogP contribution is -2.47. The molecule has 0 spiro atoms. The summed E-state index contributed by atoms with van der Waals surface area (Å²) in [6.07, 6.45) is 0.855. The van der Waals surface area contributed by atoms with E-state index in [4.69, 9.17) is 23.2 Å². The van der Waals surface area contributed by atoms with E-state index in [0.29, 0.717) is 36.0 Å². The molecule has 2 amide bonds. The molecular formula is C16H16Cl2N2O2. The minimum Gasteiger partial charge on any atom is -0.325 e. The first-order valence-corrected chi connectivity index (χ1v) is 7.75. The Hall–Kier alpha value is -1.70. The highest BCUT2D eigenvalue weighted by molar-refractivity contribution is 6.42. The van der Waals surface area contributed by atoms with Crippen molar-refractivity contribution in [1.82, 2.24) is 10.2 Å². The van der Waals surface area contributed by atoms with Gasteiger partial charge in [-0.2, -0.15) is 0 Å². The van der Waals surface area contributed by atoms with Gasteiger partial charge in [-0.25, -0.2) is 4.79 Å². The lowest BCUT2D eigenvalue weighted by atomic mass is 10.1. The molecule has 2 rings (SSSR count). The predicted octanol–water partition coefficient (Wildman–Crippen LogP) is 3.11. The molecule has 1 aliphatic heterocycles. The zero-order valence-corrected chi connectivity index (χ0v) is 13.7. The van der Waals surface area contributed by atoms with E-state index >= 15 is 0 Å². The predicted molar refractivity (Wildman–Crippen MR) is 87.1 cm³/mol. The van der Waals surface area contributed by atoms with Crippen molar-refractivity contribution in [2.45, 2.75) is 25.8 Å². The van der Waals surface area contributed by atoms with E-state index in [0.717, 1.165) is 5.56 Å². The number of carbonyl (C=O) groups is 2. The van der Waals surface area contributed by atoms with E-state index in [9.17, 15) is 9.59 Å². The summed E-state index contributed by atoms with van der Waals surface area (Å²) < 4.78 is 0. The van der Waals surface area contributed by atoms with Crippen LogP contribution in [0.1, 0.15) is 25.3 Å². The van der Waals surface area contributed by atoms with Gasteiger partial charge in [-0.3, -0.25) is 4.79 Å². The minimum absolute atomic E-state index is 0.191. The van der Waals surface area contributed by atoms with Gasteiger partial charge in [0.1, 0.15) is 5.78 Å². The molecule has 0 bridgehead atoms. The van der Waals surface area contributed by atoms with Gasteiger partial charge >= 0.3 is 6.03 Å². The topological polar surface area (TPSA) is 49.4 Å². The molecule has 6 heteroatoms. The summed E-state index contributed by atoms with van der Waals surface area (Å²) >= 11 is 11.8. The van der Waals surface area contributed by atoms with Crippen molar-refractivity contribution < 1.29 is 9.59 Å². The maximum atomic E-state index is 12.0. The van der Waals surface area contributed by atoms with Crippen molar-refractivity contribution in [3.63, 3.8) is 0 Å². The molecule has 116 valence electrons. The molecule has 0 radical (unpaired) electrons. The second-order valence-corrected chi connectivity index (χ2v) is 5.91. The number of Topliss-reactive ketones (excluding diaryl/α,β-unsaturated/α-hetero) is 1. The van der Waals surface area contributed by atoms with Gasteiger partial charge in [0.2, 0.25) is 0 Å². The molecule has 1 saturated heterocycles. The first-order chi connectivity index (χ1) is 10.5. The fraction of sp³-hybridized carbons (Fsp3) is 0.375. The largest absolute Gasteiger partial charge is 0.325 e. The van der Waals surface area contributed by atoms with Gasteiger partial charge in [-0.1, -0.05) is 35.0 Å². The third-order valence-electron chi connectivity index (χ3n) is 3.30. The van der Waals surface area contributed by atoms with Gasteiger partial charge in [-0.05, 0) is 25.1 Å².